The molecule has 0 amide bonds. The van der Waals surface area contributed by atoms with Crippen LogP contribution in [0.4, 0.5) is 5.82 Å². The number of pyridine rings is 1. The highest BCUT2D eigenvalue weighted by molar-refractivity contribution is 9.10. The fraction of sp³-hybridized carbons (Fsp3) is 0.308. The van der Waals surface area contributed by atoms with E-state index in [2.05, 4.69) is 37.8 Å². The van der Waals surface area contributed by atoms with Crippen molar-refractivity contribution < 1.29 is 0 Å². The highest BCUT2D eigenvalue weighted by Crippen LogP contribution is 2.22. The first-order valence-corrected chi connectivity index (χ1v) is 6.69. The molecule has 0 aromatic carbocycles. The Hall–Kier alpha value is -1.49. The maximum Gasteiger partial charge on any atom is 0.141 e. The lowest BCUT2D eigenvalue weighted by Gasteiger charge is -2.08. The summed E-state index contributed by atoms with van der Waals surface area (Å²) in [6, 6.07) is 3.92. The molecule has 4 nitrogen and oxygen atoms in total. The molecule has 2 aromatic rings. The summed E-state index contributed by atoms with van der Waals surface area (Å²) in [5.41, 5.74) is 7.95. The van der Waals surface area contributed by atoms with Gasteiger partial charge in [0.1, 0.15) is 11.6 Å². The number of rotatable bonds is 4. The van der Waals surface area contributed by atoms with E-state index in [-0.39, 0.29) is 0 Å². The van der Waals surface area contributed by atoms with E-state index < -0.39 is 0 Å². The lowest BCUT2D eigenvalue weighted by atomic mass is 10.2. The second-order valence-electron chi connectivity index (χ2n) is 4.07. The largest absolute Gasteiger partial charge is 0.383 e. The first-order chi connectivity index (χ1) is 8.70. The Morgan fingerprint density at radius 2 is 2.17 bits per heavy atom. The van der Waals surface area contributed by atoms with Gasteiger partial charge >= 0.3 is 0 Å². The van der Waals surface area contributed by atoms with Gasteiger partial charge in [0.2, 0.25) is 0 Å². The molecule has 94 valence electrons. The predicted molar refractivity (Wildman–Crippen MR) is 75.2 cm³/mol. The van der Waals surface area contributed by atoms with Gasteiger partial charge in [-0.1, -0.05) is 19.4 Å². The molecule has 2 rings (SSSR count). The molecule has 2 aromatic heterocycles. The summed E-state index contributed by atoms with van der Waals surface area (Å²) in [6.07, 6.45) is 6.15. The number of halogens is 1. The summed E-state index contributed by atoms with van der Waals surface area (Å²) in [5, 5.41) is 0. The van der Waals surface area contributed by atoms with Crippen molar-refractivity contribution in [3.05, 3.63) is 46.1 Å². The minimum atomic E-state index is 0.507. The Labute approximate surface area is 115 Å². The minimum Gasteiger partial charge on any atom is -0.383 e. The molecule has 0 saturated heterocycles. The lowest BCUT2D eigenvalue weighted by molar-refractivity contribution is 0.836. The van der Waals surface area contributed by atoms with Crippen molar-refractivity contribution in [3.8, 4) is 0 Å². The summed E-state index contributed by atoms with van der Waals surface area (Å²) in [7, 11) is 0. The molecule has 0 bridgehead atoms. The Morgan fingerprint density at radius 3 is 2.83 bits per heavy atom. The Morgan fingerprint density at radius 1 is 1.33 bits per heavy atom. The van der Waals surface area contributed by atoms with E-state index >= 15 is 0 Å². The monoisotopic (exact) mass is 306 g/mol. The van der Waals surface area contributed by atoms with Crippen LogP contribution in [0.15, 0.2) is 29.0 Å². The van der Waals surface area contributed by atoms with Crippen LogP contribution in [0, 0.1) is 0 Å². The fourth-order valence-corrected chi connectivity index (χ4v) is 2.11. The molecule has 2 heterocycles. The average Bonchev–Trinajstić information content (AvgIpc) is 2.37. The number of nitrogens with two attached hydrogens (primary N) is 1. The van der Waals surface area contributed by atoms with Gasteiger partial charge in [-0.15, -0.1) is 0 Å². The van der Waals surface area contributed by atoms with Crippen molar-refractivity contribution in [2.24, 2.45) is 0 Å². The third-order valence-corrected chi connectivity index (χ3v) is 3.43. The zero-order valence-electron chi connectivity index (χ0n) is 10.2. The molecule has 0 spiro atoms. The van der Waals surface area contributed by atoms with Gasteiger partial charge in [0.15, 0.2) is 0 Å². The number of aryl methyl sites for hydroxylation is 1. The van der Waals surface area contributed by atoms with Crippen molar-refractivity contribution in [3.63, 3.8) is 0 Å². The van der Waals surface area contributed by atoms with Crippen LogP contribution in [0.3, 0.4) is 0 Å². The quantitative estimate of drug-likeness (QED) is 0.943. The third kappa shape index (κ3) is 3.04. The zero-order chi connectivity index (χ0) is 13.0. The van der Waals surface area contributed by atoms with Gasteiger partial charge in [-0.3, -0.25) is 4.98 Å². The Balaban J connectivity index is 2.28. The van der Waals surface area contributed by atoms with E-state index in [0.717, 1.165) is 34.4 Å². The predicted octanol–water partition coefficient (Wildman–Crippen LogP) is 2.76. The molecule has 0 fully saturated rings. The van der Waals surface area contributed by atoms with E-state index in [4.69, 9.17) is 5.73 Å². The molecule has 5 heteroatoms. The molecule has 0 saturated carbocycles. The topological polar surface area (TPSA) is 64.7 Å². The van der Waals surface area contributed by atoms with Gasteiger partial charge in [0.05, 0.1) is 10.2 Å². The summed E-state index contributed by atoms with van der Waals surface area (Å²) in [6.45, 7) is 2.12. The Bertz CT molecular complexity index is 528. The van der Waals surface area contributed by atoms with Gasteiger partial charge in [-0.25, -0.2) is 9.97 Å². The number of hydrogen-bond acceptors (Lipinski definition) is 4. The molecule has 0 radical (unpaired) electrons. The highest BCUT2D eigenvalue weighted by atomic mass is 79.9. The standard InChI is InChI=1S/C13H15BrN4/c1-2-4-10-12(14)13(15)18-11(17-10)7-9-5-3-6-16-8-9/h3,5-6,8H,2,4,7H2,1H3,(H2,15,17,18). The number of nitrogen functional groups attached to an aromatic ring is 1. The number of hydrogen-bond donors (Lipinski definition) is 1. The summed E-state index contributed by atoms with van der Waals surface area (Å²) in [5.74, 6) is 1.25. The summed E-state index contributed by atoms with van der Waals surface area (Å²) in [4.78, 5) is 12.9. The fourth-order valence-electron chi connectivity index (χ4n) is 1.73. The average molecular weight is 307 g/mol. The molecular formula is C13H15BrN4. The van der Waals surface area contributed by atoms with E-state index in [1.807, 2.05) is 18.3 Å². The van der Waals surface area contributed by atoms with Crippen LogP contribution < -0.4 is 5.73 Å². The van der Waals surface area contributed by atoms with Gasteiger partial charge in [0.25, 0.3) is 0 Å². The maximum atomic E-state index is 5.89. The lowest BCUT2D eigenvalue weighted by Crippen LogP contribution is -2.06. The second kappa shape index (κ2) is 5.91. The molecule has 2 N–H and O–H groups in total. The van der Waals surface area contributed by atoms with Gasteiger partial charge < -0.3 is 5.73 Å². The first-order valence-electron chi connectivity index (χ1n) is 5.90. The SMILES string of the molecule is CCCc1nc(Cc2cccnc2)nc(N)c1Br. The van der Waals surface area contributed by atoms with Gasteiger partial charge in [-0.2, -0.15) is 0 Å². The zero-order valence-corrected chi connectivity index (χ0v) is 11.8. The van der Waals surface area contributed by atoms with E-state index in [1.54, 1.807) is 6.20 Å². The number of anilines is 1. The number of nitrogens with zero attached hydrogens (tertiary/aromatic N) is 3. The van der Waals surface area contributed by atoms with Crippen molar-refractivity contribution in [1.82, 2.24) is 15.0 Å². The summed E-state index contributed by atoms with van der Waals surface area (Å²) < 4.78 is 0.819. The van der Waals surface area contributed by atoms with E-state index in [1.165, 1.54) is 0 Å². The van der Waals surface area contributed by atoms with Crippen LogP contribution in [0.1, 0.15) is 30.4 Å². The van der Waals surface area contributed by atoms with Gasteiger partial charge in [0, 0.05) is 18.8 Å². The molecule has 0 aliphatic heterocycles. The smallest absolute Gasteiger partial charge is 0.141 e. The highest BCUT2D eigenvalue weighted by Gasteiger charge is 2.09. The molecule has 0 aliphatic rings. The molecule has 0 unspecified atom stereocenters. The van der Waals surface area contributed by atoms with Crippen LogP contribution in [0.5, 0.6) is 0 Å². The number of aromatic nitrogens is 3. The third-order valence-electron chi connectivity index (χ3n) is 2.56. The van der Waals surface area contributed by atoms with E-state index in [9.17, 15) is 0 Å². The van der Waals surface area contributed by atoms with Crippen molar-refractivity contribution in [1.29, 1.82) is 0 Å². The van der Waals surface area contributed by atoms with Crippen molar-refractivity contribution in [2.45, 2.75) is 26.2 Å². The van der Waals surface area contributed by atoms with Crippen LogP contribution in [-0.2, 0) is 12.8 Å². The molecule has 0 atom stereocenters. The molecule has 18 heavy (non-hydrogen) atoms. The van der Waals surface area contributed by atoms with Crippen LogP contribution in [0.2, 0.25) is 0 Å². The Kier molecular flexibility index (Phi) is 4.25. The molecule has 0 aliphatic carbocycles. The van der Waals surface area contributed by atoms with Crippen LogP contribution in [-0.4, -0.2) is 15.0 Å². The summed E-state index contributed by atoms with van der Waals surface area (Å²) >= 11 is 3.44. The second-order valence-corrected chi connectivity index (χ2v) is 4.87. The maximum absolute atomic E-state index is 5.89. The first kappa shape index (κ1) is 13.0. The van der Waals surface area contributed by atoms with Crippen LogP contribution in [0.25, 0.3) is 0 Å². The van der Waals surface area contributed by atoms with E-state index in [0.29, 0.717) is 12.2 Å². The van der Waals surface area contributed by atoms with Crippen LogP contribution >= 0.6 is 15.9 Å². The van der Waals surface area contributed by atoms with Gasteiger partial charge in [-0.05, 0) is 34.0 Å². The van der Waals surface area contributed by atoms with Crippen molar-refractivity contribution >= 4 is 21.7 Å². The minimum absolute atomic E-state index is 0.507. The van der Waals surface area contributed by atoms with Crippen molar-refractivity contribution in [2.75, 3.05) is 5.73 Å². The molecular weight excluding hydrogens is 292 g/mol. The normalized spacial score (nSPS) is 10.6.